The molecule has 2 amide bonds. The average Bonchev–Trinajstić information content (AvgIpc) is 3.15. The zero-order chi connectivity index (χ0) is 50.3. The van der Waals surface area contributed by atoms with Crippen molar-refractivity contribution in [1.29, 1.82) is 5.26 Å². The third-order valence-corrected chi connectivity index (χ3v) is 10.6. The molecule has 4 aliphatic rings. The van der Waals surface area contributed by atoms with Crippen molar-refractivity contribution in [1.82, 2.24) is 0 Å². The van der Waals surface area contributed by atoms with Crippen LogP contribution in [0.15, 0.2) is 0 Å². The summed E-state index contributed by atoms with van der Waals surface area (Å²) in [5.41, 5.74) is 14.4. The molecule has 0 aromatic rings. The molecule has 4 rings (SSSR count). The number of amides is 2. The number of carbonyl (C=O) groups excluding carboxylic acids is 5. The first-order valence-electron chi connectivity index (χ1n) is 23.1. The molecule has 8 atom stereocenters. The van der Waals surface area contributed by atoms with Crippen LogP contribution in [0, 0.1) is 29.1 Å². The van der Waals surface area contributed by atoms with Gasteiger partial charge >= 0.3 is 17.9 Å². The van der Waals surface area contributed by atoms with E-state index in [2.05, 4.69) is 6.07 Å². The lowest BCUT2D eigenvalue weighted by Crippen LogP contribution is -2.37. The fourth-order valence-electron chi connectivity index (χ4n) is 7.11. The molecular weight excluding hydrogens is 916 g/mol. The summed E-state index contributed by atoms with van der Waals surface area (Å²) in [5.74, 6) is -0.676. The number of carbonyl (C=O) groups is 5. The van der Waals surface area contributed by atoms with Crippen LogP contribution in [0.2, 0.25) is 0 Å². The smallest absolute Gasteiger partial charge is 0.306 e. The maximum absolute atomic E-state index is 11.7. The first-order valence-corrected chi connectivity index (χ1v) is 24.9. The number of nitrogens with zero attached hydrogens (tertiary/aromatic N) is 1. The van der Waals surface area contributed by atoms with Crippen LogP contribution in [0.3, 0.4) is 0 Å². The number of primary amides is 2. The van der Waals surface area contributed by atoms with E-state index in [1.165, 1.54) is 0 Å². The molecule has 0 aromatic carbocycles. The number of halogens is 1. The molecule has 390 valence electrons. The number of rotatable bonds is 14. The molecule has 4 heterocycles. The van der Waals surface area contributed by atoms with Crippen LogP contribution >= 0.6 is 12.4 Å². The first-order chi connectivity index (χ1) is 30.4. The van der Waals surface area contributed by atoms with Crippen molar-refractivity contribution in [3.63, 3.8) is 0 Å². The number of nitrogens with two attached hydrogens (primary N) is 3. The monoisotopic (exact) mass is 999 g/mol. The number of nitriles is 1. The van der Waals surface area contributed by atoms with Crippen molar-refractivity contribution in [3.8, 4) is 6.07 Å². The van der Waals surface area contributed by atoms with Crippen LogP contribution in [-0.4, -0.2) is 125 Å². The van der Waals surface area contributed by atoms with Gasteiger partial charge in [-0.3, -0.25) is 28.2 Å². The Kier molecular flexibility index (Phi) is 29.7. The van der Waals surface area contributed by atoms with Gasteiger partial charge in [0.2, 0.25) is 11.8 Å². The number of hydrogen-bond acceptors (Lipinski definition) is 17. The minimum absolute atomic E-state index is 0. The fourth-order valence-corrected chi connectivity index (χ4v) is 7.51. The summed E-state index contributed by atoms with van der Waals surface area (Å²) in [6.07, 6.45) is 9.63. The Morgan fingerprint density at radius 1 is 0.552 bits per heavy atom. The number of ether oxygens (including phenoxy) is 7. The van der Waals surface area contributed by atoms with Gasteiger partial charge in [-0.15, -0.1) is 12.4 Å². The maximum atomic E-state index is 11.7. The van der Waals surface area contributed by atoms with Crippen molar-refractivity contribution in [2.45, 2.75) is 199 Å². The van der Waals surface area contributed by atoms with Gasteiger partial charge in [-0.2, -0.15) is 13.7 Å². The molecule has 0 aromatic heterocycles. The van der Waals surface area contributed by atoms with Gasteiger partial charge in [-0.05, 0) is 131 Å². The highest BCUT2D eigenvalue weighted by Crippen LogP contribution is 2.27. The van der Waals surface area contributed by atoms with Crippen LogP contribution in [0.5, 0.6) is 0 Å². The minimum Gasteiger partial charge on any atom is -0.460 e. The maximum Gasteiger partial charge on any atom is 0.306 e. The van der Waals surface area contributed by atoms with E-state index in [9.17, 15) is 32.4 Å². The largest absolute Gasteiger partial charge is 0.460 e. The fraction of sp³-hybridized carbons (Fsp3) is 0.870. The van der Waals surface area contributed by atoms with Gasteiger partial charge < -0.3 is 50.4 Å². The summed E-state index contributed by atoms with van der Waals surface area (Å²) in [5, 5.41) is 8.55. The van der Waals surface area contributed by atoms with E-state index in [4.69, 9.17) is 59.8 Å². The SMILES string of the molecule is CC(C)(C)OC(=O)C[C@@H]1CC[C@@H](CC#N)OC1.CC(C)(C)OC(=O)C[C@@H]1CC[C@@H](CC(N)=O)OC1.CC(C)(C)OC(=O)C[C@@H]1CC[C@@H](COS(C)(=O)=O)OC1.Cl.NC(=O)C[C@@H]1CC[C@@H](N)CO1. The molecule has 0 bridgehead atoms. The average molecular weight is 1000 g/mol. The van der Waals surface area contributed by atoms with Crippen molar-refractivity contribution < 1.29 is 69.7 Å². The summed E-state index contributed by atoms with van der Waals surface area (Å²) in [6.45, 7) is 18.7. The molecule has 4 aliphatic heterocycles. The van der Waals surface area contributed by atoms with E-state index in [-0.39, 0.29) is 103 Å². The Balaban J connectivity index is 0.000000877. The van der Waals surface area contributed by atoms with Crippen molar-refractivity contribution in [3.05, 3.63) is 0 Å². The van der Waals surface area contributed by atoms with E-state index < -0.39 is 26.9 Å². The zero-order valence-electron chi connectivity index (χ0n) is 41.7. The molecule has 0 aliphatic carbocycles. The Bertz CT molecular complexity index is 1630. The summed E-state index contributed by atoms with van der Waals surface area (Å²) in [6, 6.07) is 2.25. The van der Waals surface area contributed by atoms with E-state index in [1.54, 1.807) is 0 Å². The van der Waals surface area contributed by atoms with Gasteiger partial charge in [0.05, 0.1) is 108 Å². The summed E-state index contributed by atoms with van der Waals surface area (Å²) in [4.78, 5) is 56.1. The molecule has 19 nitrogen and oxygen atoms in total. The van der Waals surface area contributed by atoms with Gasteiger partial charge in [0.1, 0.15) is 16.8 Å². The molecule has 67 heavy (non-hydrogen) atoms. The van der Waals surface area contributed by atoms with E-state index in [0.29, 0.717) is 65.0 Å². The molecule has 21 heteroatoms. The highest BCUT2D eigenvalue weighted by atomic mass is 35.5. The molecule has 4 fully saturated rings. The van der Waals surface area contributed by atoms with E-state index in [1.807, 2.05) is 62.3 Å². The van der Waals surface area contributed by atoms with E-state index in [0.717, 1.165) is 51.2 Å². The zero-order valence-corrected chi connectivity index (χ0v) is 43.3. The van der Waals surface area contributed by atoms with Gasteiger partial charge in [0, 0.05) is 6.04 Å². The predicted octanol–water partition coefficient (Wildman–Crippen LogP) is 5.10. The van der Waals surface area contributed by atoms with Crippen LogP contribution < -0.4 is 17.2 Å². The van der Waals surface area contributed by atoms with E-state index >= 15 is 0 Å². The Labute approximate surface area is 405 Å². The second-order valence-electron chi connectivity index (χ2n) is 20.6. The van der Waals surface area contributed by atoms with Crippen LogP contribution in [0.25, 0.3) is 0 Å². The summed E-state index contributed by atoms with van der Waals surface area (Å²) >= 11 is 0. The lowest BCUT2D eigenvalue weighted by molar-refractivity contribution is -0.158. The summed E-state index contributed by atoms with van der Waals surface area (Å²) < 4.78 is 64.1. The van der Waals surface area contributed by atoms with Crippen LogP contribution in [-0.2, 0) is 71.4 Å². The van der Waals surface area contributed by atoms with Gasteiger partial charge in [0.15, 0.2) is 0 Å². The predicted molar refractivity (Wildman–Crippen MR) is 252 cm³/mol. The number of esters is 3. The van der Waals surface area contributed by atoms with Gasteiger partial charge in [-0.1, -0.05) is 0 Å². The van der Waals surface area contributed by atoms with Crippen LogP contribution in [0.4, 0.5) is 0 Å². The standard InChI is InChI=1S/C13H23NO4.C13H21NO3.C13H24O6S.C7H14N2O2.ClH/c1-13(2,3)18-12(16)6-9-4-5-10(17-8-9)7-11(14)15;1-13(2,3)17-12(15)8-10-4-5-11(6-7-14)16-9-10;1-13(2,3)19-12(14)7-10-5-6-11(17-8-10)9-18-20(4,15)16;8-5-1-2-6(11-4-5)3-7(9)10;/h9-10H,4-8H2,1-3H3,(H2,14,15);10-11H,4-6,8-9H2,1-3H3;10-11H,5-9H2,1-4H3;5-6H,1-4,8H2,(H2,9,10);1H/t9-,10-;2*10-,11-;5-,6+;/m0001./s1. The normalized spacial score (nSPS) is 25.5. The molecular formula is C46H83ClN4O15S. The molecule has 0 spiro atoms. The highest BCUT2D eigenvalue weighted by Gasteiger charge is 2.29. The molecule has 0 saturated carbocycles. The number of hydrogen-bond donors (Lipinski definition) is 3. The summed E-state index contributed by atoms with van der Waals surface area (Å²) in [7, 11) is -3.43. The topological polar surface area (TPSA) is 295 Å². The minimum atomic E-state index is -3.43. The molecule has 0 unspecified atom stereocenters. The van der Waals surface area contributed by atoms with Gasteiger partial charge in [0.25, 0.3) is 10.1 Å². The Morgan fingerprint density at radius 3 is 1.15 bits per heavy atom. The van der Waals surface area contributed by atoms with Gasteiger partial charge in [-0.25, -0.2) is 0 Å². The Hall–Kier alpha value is -3.16. The third kappa shape index (κ3) is 35.6. The molecule has 0 radical (unpaired) electrons. The van der Waals surface area contributed by atoms with Crippen LogP contribution in [0.1, 0.15) is 152 Å². The second-order valence-corrected chi connectivity index (χ2v) is 22.2. The Morgan fingerprint density at radius 2 is 0.881 bits per heavy atom. The quantitative estimate of drug-likeness (QED) is 0.116. The lowest BCUT2D eigenvalue weighted by Gasteiger charge is -2.29. The van der Waals surface area contributed by atoms with Crippen molar-refractivity contribution >= 4 is 52.2 Å². The highest BCUT2D eigenvalue weighted by molar-refractivity contribution is 7.85. The van der Waals surface area contributed by atoms with Crippen molar-refractivity contribution in [2.75, 3.05) is 39.3 Å². The van der Waals surface area contributed by atoms with Crippen molar-refractivity contribution in [2.24, 2.45) is 35.0 Å². The first kappa shape index (κ1) is 63.8. The molecule has 6 N–H and O–H groups in total. The third-order valence-electron chi connectivity index (χ3n) is 10.1. The lowest BCUT2D eigenvalue weighted by atomic mass is 9.94. The molecule has 4 saturated heterocycles. The second kappa shape index (κ2) is 31.1.